The van der Waals surface area contributed by atoms with E-state index in [1.54, 1.807) is 0 Å². The van der Waals surface area contributed by atoms with E-state index in [4.69, 9.17) is 23.7 Å². The Morgan fingerprint density at radius 1 is 0.271 bits per heavy atom. The molecular weight excluding hydrogens is 843 g/mol. The number of ether oxygens (including phenoxy) is 5. The molecule has 330 valence electrons. The minimum Gasteiger partial charge on any atom is -0.492 e. The number of hydrogen-bond donors (Lipinski definition) is 0. The monoisotopic (exact) mass is 925 g/mol. The molecule has 5 nitrogen and oxygen atoms in total. The quantitative estimate of drug-likeness (QED) is 0.0261. The zero-order valence-electron chi connectivity index (χ0n) is 38.1. The molecule has 0 amide bonds. The first-order valence-corrected chi connectivity index (χ1v) is 25.5. The van der Waals surface area contributed by atoms with Crippen LogP contribution in [-0.4, -0.2) is 33.0 Å². The van der Waals surface area contributed by atoms with Crippen LogP contribution < -0.4 is 23.7 Å². The molecule has 0 atom stereocenters. The summed E-state index contributed by atoms with van der Waals surface area (Å²) >= 11 is 2.47. The highest BCUT2D eigenvalue weighted by Gasteiger charge is 2.20. The normalized spacial score (nSPS) is 11.6. The first-order valence-electron chi connectivity index (χ1n) is 24.4. The number of unbranched alkanes of at least 4 members (excludes halogenated alkanes) is 20. The Bertz CT molecular complexity index is 1700. The third kappa shape index (κ3) is 16.6. The van der Waals surface area contributed by atoms with E-state index in [0.29, 0.717) is 26.4 Å². The van der Waals surface area contributed by atoms with Crippen LogP contribution in [0.2, 0.25) is 0 Å². The molecule has 0 spiro atoms. The Balaban J connectivity index is 1.84. The molecule has 0 heterocycles. The predicted molar refractivity (Wildman–Crippen MR) is 263 cm³/mol. The molecule has 0 aliphatic rings. The van der Waals surface area contributed by atoms with Crippen molar-refractivity contribution < 1.29 is 23.7 Å². The fourth-order valence-electron chi connectivity index (χ4n) is 8.01. The van der Waals surface area contributed by atoms with Gasteiger partial charge in [-0.3, -0.25) is 0 Å². The van der Waals surface area contributed by atoms with Gasteiger partial charge in [-0.2, -0.15) is 0 Å². The van der Waals surface area contributed by atoms with Crippen molar-refractivity contribution in [1.29, 1.82) is 0 Å². The van der Waals surface area contributed by atoms with Crippen molar-refractivity contribution in [2.75, 3.05) is 33.0 Å². The van der Waals surface area contributed by atoms with Gasteiger partial charge in [0.2, 0.25) is 0 Å². The minimum atomic E-state index is 0.685. The molecule has 0 saturated carbocycles. The SMILES string of the molecule is CCCCCCCOc1cc2c(cc1I)c1cc(OCCCCCCC)c(OCCCCCCC)cc1c1cc(OCCCCCCC)c(OCCCCCCC)cc21. The summed E-state index contributed by atoms with van der Waals surface area (Å²) in [5.41, 5.74) is 0. The third-order valence-corrected chi connectivity index (χ3v) is 12.5. The van der Waals surface area contributed by atoms with Gasteiger partial charge in [0.25, 0.3) is 0 Å². The number of fused-ring (bicyclic) bond motifs is 6. The summed E-state index contributed by atoms with van der Waals surface area (Å²) in [7, 11) is 0. The molecule has 6 heteroatoms. The number of benzene rings is 4. The second kappa shape index (κ2) is 29.6. The molecular formula is C53H81IO5. The molecule has 0 aromatic heterocycles. The first-order chi connectivity index (χ1) is 29.1. The summed E-state index contributed by atoms with van der Waals surface area (Å²) in [6.45, 7) is 14.8. The van der Waals surface area contributed by atoms with E-state index < -0.39 is 0 Å². The van der Waals surface area contributed by atoms with Crippen LogP contribution in [0, 0.1) is 3.57 Å². The van der Waals surface area contributed by atoms with Gasteiger partial charge < -0.3 is 23.7 Å². The van der Waals surface area contributed by atoms with Gasteiger partial charge in [0.05, 0.1) is 36.6 Å². The summed E-state index contributed by atoms with van der Waals surface area (Å²) < 4.78 is 34.3. The molecule has 0 aliphatic heterocycles. The molecule has 0 fully saturated rings. The van der Waals surface area contributed by atoms with Crippen molar-refractivity contribution in [1.82, 2.24) is 0 Å². The van der Waals surface area contributed by atoms with Crippen LogP contribution in [0.25, 0.3) is 32.3 Å². The van der Waals surface area contributed by atoms with Gasteiger partial charge in [0.15, 0.2) is 23.0 Å². The fraction of sp³-hybridized carbons (Fsp3) is 0.660. The zero-order chi connectivity index (χ0) is 41.9. The van der Waals surface area contributed by atoms with Crippen LogP contribution in [0.1, 0.15) is 195 Å². The average Bonchev–Trinajstić information content (AvgIpc) is 3.24. The topological polar surface area (TPSA) is 46.2 Å². The molecule has 0 unspecified atom stereocenters. The van der Waals surface area contributed by atoms with Crippen molar-refractivity contribution in [3.63, 3.8) is 0 Å². The molecule has 0 bridgehead atoms. The lowest BCUT2D eigenvalue weighted by Gasteiger charge is -2.20. The zero-order valence-corrected chi connectivity index (χ0v) is 40.3. The fourth-order valence-corrected chi connectivity index (χ4v) is 8.63. The summed E-state index contributed by atoms with van der Waals surface area (Å²) in [5, 5.41) is 6.99. The molecule has 0 N–H and O–H groups in total. The predicted octanol–water partition coefficient (Wildman–Crippen LogP) is 17.5. The Labute approximate surface area is 373 Å². The maximum atomic E-state index is 6.67. The maximum Gasteiger partial charge on any atom is 0.161 e. The third-order valence-electron chi connectivity index (χ3n) is 11.6. The van der Waals surface area contributed by atoms with Gasteiger partial charge in [-0.25, -0.2) is 0 Å². The Morgan fingerprint density at radius 2 is 0.475 bits per heavy atom. The standard InChI is InChI=1S/C53H81IO5/c1-6-11-16-21-26-31-55-49-37-43-42(36-48(49)54)44-38-50(56-32-27-22-17-12-7-2)52(58-34-29-24-19-14-9-4)40-46(44)47-41-53(59-35-30-25-20-15-10-5)51(39-45(43)47)57-33-28-23-18-13-8-3/h36-41H,6-35H2,1-5H3. The Hall–Kier alpha value is -2.61. The molecule has 0 aliphatic carbocycles. The minimum absolute atomic E-state index is 0.685. The van der Waals surface area contributed by atoms with Crippen LogP contribution in [0.5, 0.6) is 28.7 Å². The van der Waals surface area contributed by atoms with Gasteiger partial charge >= 0.3 is 0 Å². The van der Waals surface area contributed by atoms with E-state index in [2.05, 4.69) is 93.6 Å². The van der Waals surface area contributed by atoms with Crippen molar-refractivity contribution in [3.8, 4) is 28.7 Å². The molecule has 0 saturated heterocycles. The van der Waals surface area contributed by atoms with E-state index in [1.807, 2.05) is 0 Å². The van der Waals surface area contributed by atoms with Crippen LogP contribution >= 0.6 is 22.6 Å². The largest absolute Gasteiger partial charge is 0.492 e. The number of halogens is 1. The average molecular weight is 925 g/mol. The van der Waals surface area contributed by atoms with Gasteiger partial charge in [0.1, 0.15) is 5.75 Å². The van der Waals surface area contributed by atoms with Crippen molar-refractivity contribution in [3.05, 3.63) is 40.0 Å². The van der Waals surface area contributed by atoms with Crippen LogP contribution in [0.3, 0.4) is 0 Å². The van der Waals surface area contributed by atoms with Gasteiger partial charge in [-0.1, -0.05) is 163 Å². The van der Waals surface area contributed by atoms with E-state index >= 15 is 0 Å². The van der Waals surface area contributed by atoms with Gasteiger partial charge in [-0.05, 0) is 123 Å². The lowest BCUT2D eigenvalue weighted by Crippen LogP contribution is -2.04. The van der Waals surface area contributed by atoms with Crippen molar-refractivity contribution in [2.24, 2.45) is 0 Å². The molecule has 0 radical (unpaired) electrons. The first kappa shape index (κ1) is 49.0. The number of rotatable bonds is 35. The molecule has 4 aromatic carbocycles. The summed E-state index contributed by atoms with van der Waals surface area (Å²) in [5.74, 6) is 4.31. The molecule has 59 heavy (non-hydrogen) atoms. The summed E-state index contributed by atoms with van der Waals surface area (Å²) in [6, 6.07) is 13.6. The second-order valence-corrected chi connectivity index (χ2v) is 18.0. The smallest absolute Gasteiger partial charge is 0.161 e. The van der Waals surface area contributed by atoms with E-state index in [1.165, 1.54) is 145 Å². The highest BCUT2D eigenvalue weighted by atomic mass is 127. The Morgan fingerprint density at radius 3 is 0.729 bits per heavy atom. The van der Waals surface area contributed by atoms with E-state index in [0.717, 1.165) is 87.2 Å². The second-order valence-electron chi connectivity index (χ2n) is 16.8. The van der Waals surface area contributed by atoms with Gasteiger partial charge in [-0.15, -0.1) is 0 Å². The summed E-state index contributed by atoms with van der Waals surface area (Å²) in [4.78, 5) is 0. The highest BCUT2D eigenvalue weighted by molar-refractivity contribution is 14.1. The van der Waals surface area contributed by atoms with Crippen LogP contribution in [-0.2, 0) is 0 Å². The highest BCUT2D eigenvalue weighted by Crippen LogP contribution is 2.46. The molecule has 4 rings (SSSR count). The Kier molecular flexibility index (Phi) is 24.6. The van der Waals surface area contributed by atoms with E-state index in [-0.39, 0.29) is 0 Å². The van der Waals surface area contributed by atoms with Gasteiger partial charge in [0, 0.05) is 0 Å². The lowest BCUT2D eigenvalue weighted by molar-refractivity contribution is 0.259. The molecule has 4 aromatic rings. The van der Waals surface area contributed by atoms with Crippen molar-refractivity contribution in [2.45, 2.75) is 195 Å². The van der Waals surface area contributed by atoms with Crippen LogP contribution in [0.15, 0.2) is 36.4 Å². The summed E-state index contributed by atoms with van der Waals surface area (Å²) in [6.07, 6.45) is 30.1. The van der Waals surface area contributed by atoms with Crippen LogP contribution in [0.4, 0.5) is 0 Å². The van der Waals surface area contributed by atoms with Crippen molar-refractivity contribution >= 4 is 54.9 Å². The maximum absolute atomic E-state index is 6.67. The van der Waals surface area contributed by atoms with E-state index in [9.17, 15) is 0 Å². The lowest BCUT2D eigenvalue weighted by atomic mass is 9.93. The number of hydrogen-bond acceptors (Lipinski definition) is 5.